The Morgan fingerprint density at radius 2 is 1.96 bits per heavy atom. The lowest BCUT2D eigenvalue weighted by Crippen LogP contribution is -2.37. The number of halogens is 2. The lowest BCUT2D eigenvalue weighted by atomic mass is 10.2. The number of thioether (sulfide) groups is 1. The predicted octanol–water partition coefficient (Wildman–Crippen LogP) is 4.44. The van der Waals surface area contributed by atoms with Crippen molar-refractivity contribution in [3.8, 4) is 11.6 Å². The van der Waals surface area contributed by atoms with E-state index in [1.165, 1.54) is 24.3 Å². The number of rotatable bonds is 9. The van der Waals surface area contributed by atoms with Gasteiger partial charge in [-0.2, -0.15) is 11.8 Å². The van der Waals surface area contributed by atoms with Crippen molar-refractivity contribution in [2.24, 2.45) is 4.99 Å². The molecule has 2 rings (SSSR count). The lowest BCUT2D eigenvalue weighted by molar-refractivity contribution is 0.460. The first-order valence-electron chi connectivity index (χ1n) is 8.53. The summed E-state index contributed by atoms with van der Waals surface area (Å²) in [6.45, 7) is 1.50. The van der Waals surface area contributed by atoms with Gasteiger partial charge in [-0.3, -0.25) is 4.99 Å². The smallest absolute Gasteiger partial charge is 0.219 e. The molecule has 0 atom stereocenters. The first-order valence-corrected chi connectivity index (χ1v) is 9.92. The van der Waals surface area contributed by atoms with Crippen LogP contribution < -0.4 is 15.4 Å². The van der Waals surface area contributed by atoms with Crippen molar-refractivity contribution in [3.63, 3.8) is 0 Å². The van der Waals surface area contributed by atoms with Crippen molar-refractivity contribution in [1.82, 2.24) is 15.6 Å². The van der Waals surface area contributed by atoms with Gasteiger partial charge in [-0.15, -0.1) is 24.0 Å². The maximum absolute atomic E-state index is 13.0. The minimum atomic E-state index is -0.296. The highest BCUT2D eigenvalue weighted by atomic mass is 127. The number of benzene rings is 1. The van der Waals surface area contributed by atoms with Crippen molar-refractivity contribution in [2.75, 3.05) is 25.6 Å². The molecule has 2 aromatic rings. The largest absolute Gasteiger partial charge is 0.439 e. The van der Waals surface area contributed by atoms with Gasteiger partial charge in [0.05, 0.1) is 0 Å². The van der Waals surface area contributed by atoms with Crippen LogP contribution in [0.1, 0.15) is 18.4 Å². The van der Waals surface area contributed by atoms with E-state index in [-0.39, 0.29) is 29.8 Å². The normalized spacial score (nSPS) is 10.9. The second-order valence-corrected chi connectivity index (χ2v) is 6.60. The van der Waals surface area contributed by atoms with E-state index in [1.807, 2.05) is 23.9 Å². The van der Waals surface area contributed by atoms with Gasteiger partial charge in [-0.25, -0.2) is 9.37 Å². The number of nitrogens with zero attached hydrogens (tertiary/aromatic N) is 2. The zero-order valence-corrected chi connectivity index (χ0v) is 18.7. The van der Waals surface area contributed by atoms with Gasteiger partial charge in [0.2, 0.25) is 5.88 Å². The Kier molecular flexibility index (Phi) is 11.8. The third-order valence-corrected chi connectivity index (χ3v) is 4.28. The molecule has 0 aliphatic heterocycles. The molecule has 0 amide bonds. The number of hydrogen-bond acceptors (Lipinski definition) is 4. The molecule has 1 aromatic heterocycles. The van der Waals surface area contributed by atoms with E-state index in [0.29, 0.717) is 18.2 Å². The van der Waals surface area contributed by atoms with Crippen LogP contribution >= 0.6 is 35.7 Å². The SMILES string of the molecule is CN=C(NCCCCSC)NCc1ccnc(Oc2ccc(F)cc2)c1.I. The monoisotopic (exact) mass is 504 g/mol. The van der Waals surface area contributed by atoms with Gasteiger partial charge in [0.1, 0.15) is 11.6 Å². The number of pyridine rings is 1. The van der Waals surface area contributed by atoms with E-state index in [9.17, 15) is 4.39 Å². The van der Waals surface area contributed by atoms with E-state index < -0.39 is 0 Å². The molecule has 0 fully saturated rings. The third kappa shape index (κ3) is 9.28. The number of guanidine groups is 1. The molecule has 5 nitrogen and oxygen atoms in total. The van der Waals surface area contributed by atoms with Crippen LogP contribution in [-0.2, 0) is 6.54 Å². The zero-order chi connectivity index (χ0) is 18.6. The molecular weight excluding hydrogens is 478 g/mol. The van der Waals surface area contributed by atoms with E-state index in [2.05, 4.69) is 26.9 Å². The Hall–Kier alpha value is -1.55. The van der Waals surface area contributed by atoms with E-state index >= 15 is 0 Å². The molecule has 0 radical (unpaired) electrons. The maximum Gasteiger partial charge on any atom is 0.219 e. The average molecular weight is 504 g/mol. The van der Waals surface area contributed by atoms with E-state index in [0.717, 1.165) is 24.5 Å². The fourth-order valence-electron chi connectivity index (χ4n) is 2.22. The van der Waals surface area contributed by atoms with Gasteiger partial charge in [0, 0.05) is 32.4 Å². The van der Waals surface area contributed by atoms with Gasteiger partial charge in [0.15, 0.2) is 5.96 Å². The molecule has 0 aliphatic carbocycles. The summed E-state index contributed by atoms with van der Waals surface area (Å²) in [5.74, 6) is 2.67. The quantitative estimate of drug-likeness (QED) is 0.229. The van der Waals surface area contributed by atoms with Crippen LogP contribution in [0.25, 0.3) is 0 Å². The molecule has 0 spiro atoms. The minimum Gasteiger partial charge on any atom is -0.439 e. The first-order chi connectivity index (χ1) is 12.7. The van der Waals surface area contributed by atoms with Crippen LogP contribution in [-0.4, -0.2) is 36.5 Å². The summed E-state index contributed by atoms with van der Waals surface area (Å²) in [5, 5.41) is 6.58. The summed E-state index contributed by atoms with van der Waals surface area (Å²) in [4.78, 5) is 8.42. The molecule has 0 unspecified atom stereocenters. The molecule has 0 bridgehead atoms. The Bertz CT molecular complexity index is 700. The van der Waals surface area contributed by atoms with Crippen LogP contribution in [0.4, 0.5) is 4.39 Å². The van der Waals surface area contributed by atoms with Crippen molar-refractivity contribution >= 4 is 41.7 Å². The summed E-state index contributed by atoms with van der Waals surface area (Å²) in [7, 11) is 1.76. The second-order valence-electron chi connectivity index (χ2n) is 5.61. The van der Waals surface area contributed by atoms with Gasteiger partial charge in [0.25, 0.3) is 0 Å². The fourth-order valence-corrected chi connectivity index (χ4v) is 2.72. The number of aliphatic imine (C=N–C) groups is 1. The minimum absolute atomic E-state index is 0. The van der Waals surface area contributed by atoms with Crippen LogP contribution in [0.3, 0.4) is 0 Å². The lowest BCUT2D eigenvalue weighted by Gasteiger charge is -2.12. The molecular formula is C19H26FIN4OS. The van der Waals surface area contributed by atoms with E-state index in [1.54, 1.807) is 25.4 Å². The Morgan fingerprint density at radius 3 is 2.67 bits per heavy atom. The maximum atomic E-state index is 13.0. The molecule has 148 valence electrons. The zero-order valence-electron chi connectivity index (χ0n) is 15.6. The molecule has 1 heterocycles. The number of hydrogen-bond donors (Lipinski definition) is 2. The van der Waals surface area contributed by atoms with Crippen LogP contribution in [0.5, 0.6) is 11.6 Å². The third-order valence-electron chi connectivity index (χ3n) is 3.59. The molecule has 0 saturated carbocycles. The van der Waals surface area contributed by atoms with Crippen molar-refractivity contribution < 1.29 is 9.13 Å². The van der Waals surface area contributed by atoms with Gasteiger partial charge in [-0.1, -0.05) is 0 Å². The van der Waals surface area contributed by atoms with Crippen LogP contribution in [0.2, 0.25) is 0 Å². The highest BCUT2D eigenvalue weighted by Crippen LogP contribution is 2.20. The topological polar surface area (TPSA) is 58.5 Å². The predicted molar refractivity (Wildman–Crippen MR) is 122 cm³/mol. The molecule has 8 heteroatoms. The molecule has 0 saturated heterocycles. The Labute approximate surface area is 181 Å². The summed E-state index contributed by atoms with van der Waals surface area (Å²) >= 11 is 1.87. The van der Waals surface area contributed by atoms with Crippen LogP contribution in [0, 0.1) is 5.82 Å². The van der Waals surface area contributed by atoms with Crippen LogP contribution in [0.15, 0.2) is 47.6 Å². The number of ether oxygens (including phenoxy) is 1. The highest BCUT2D eigenvalue weighted by molar-refractivity contribution is 14.0. The Balaban J connectivity index is 0.00000364. The Morgan fingerprint density at radius 1 is 1.19 bits per heavy atom. The standard InChI is InChI=1S/C19H25FN4OS.HI/c1-21-19(23-10-3-4-12-26-2)24-14-15-9-11-22-18(13-15)25-17-7-5-16(20)6-8-17;/h5-9,11,13H,3-4,10,12,14H2,1-2H3,(H2,21,23,24);1H. The average Bonchev–Trinajstić information content (AvgIpc) is 2.66. The summed E-state index contributed by atoms with van der Waals surface area (Å²) in [6.07, 6.45) is 6.12. The van der Waals surface area contributed by atoms with Gasteiger partial charge >= 0.3 is 0 Å². The molecule has 2 N–H and O–H groups in total. The highest BCUT2D eigenvalue weighted by Gasteiger charge is 2.03. The summed E-state index contributed by atoms with van der Waals surface area (Å²) in [6, 6.07) is 9.62. The molecule has 1 aromatic carbocycles. The summed E-state index contributed by atoms with van der Waals surface area (Å²) in [5.41, 5.74) is 1.02. The molecule has 0 aliphatic rings. The van der Waals surface area contributed by atoms with Gasteiger partial charge < -0.3 is 15.4 Å². The second kappa shape index (κ2) is 13.6. The fraction of sp³-hybridized carbons (Fsp3) is 0.368. The van der Waals surface area contributed by atoms with Crippen molar-refractivity contribution in [3.05, 3.63) is 54.0 Å². The van der Waals surface area contributed by atoms with Crippen molar-refractivity contribution in [2.45, 2.75) is 19.4 Å². The first kappa shape index (κ1) is 23.5. The summed E-state index contributed by atoms with van der Waals surface area (Å²) < 4.78 is 18.6. The number of nitrogens with one attached hydrogen (secondary N) is 2. The van der Waals surface area contributed by atoms with E-state index in [4.69, 9.17) is 4.74 Å². The van der Waals surface area contributed by atoms with Gasteiger partial charge in [-0.05, 0) is 60.7 Å². The number of unbranched alkanes of at least 4 members (excludes halogenated alkanes) is 1. The number of aromatic nitrogens is 1. The van der Waals surface area contributed by atoms with Crippen molar-refractivity contribution in [1.29, 1.82) is 0 Å². The molecule has 27 heavy (non-hydrogen) atoms.